The van der Waals surface area contributed by atoms with Crippen LogP contribution in [0, 0.1) is 5.82 Å². The average molecular weight is 611 g/mol. The van der Waals surface area contributed by atoms with Crippen molar-refractivity contribution in [3.63, 3.8) is 0 Å². The molecule has 1 amide bonds. The van der Waals surface area contributed by atoms with Crippen LogP contribution in [0.5, 0.6) is 0 Å². The van der Waals surface area contributed by atoms with Gasteiger partial charge in [0.05, 0.1) is 16.4 Å². The summed E-state index contributed by atoms with van der Waals surface area (Å²) in [7, 11) is -3.10. The van der Waals surface area contributed by atoms with E-state index in [1.54, 1.807) is 18.2 Å². The number of rotatable bonds is 4. The third-order valence-electron chi connectivity index (χ3n) is 8.13. The zero-order valence-corrected chi connectivity index (χ0v) is 26.6. The fourth-order valence-corrected chi connectivity index (χ4v) is 8.31. The number of fused-ring (bicyclic) bond motifs is 1. The molecule has 0 bridgehead atoms. The van der Waals surface area contributed by atoms with E-state index >= 15 is 4.39 Å². The van der Waals surface area contributed by atoms with Gasteiger partial charge in [0, 0.05) is 36.3 Å². The second kappa shape index (κ2) is 11.3. The fraction of sp³-hybridized carbons (Fsp3) is 0.375. The molecule has 1 fully saturated rings. The van der Waals surface area contributed by atoms with Gasteiger partial charge in [-0.1, -0.05) is 69.3 Å². The van der Waals surface area contributed by atoms with Crippen LogP contribution in [0.25, 0.3) is 11.3 Å². The smallest absolute Gasteiger partial charge is 0.310 e. The number of amides is 1. The molecule has 4 atom stereocenters. The highest BCUT2D eigenvalue weighted by molar-refractivity contribution is 7.69. The molecule has 2 aromatic carbocycles. The molecule has 0 radical (unpaired) electrons. The van der Waals surface area contributed by atoms with Crippen molar-refractivity contribution >= 4 is 36.8 Å². The van der Waals surface area contributed by atoms with Crippen molar-refractivity contribution in [3.05, 3.63) is 89.2 Å². The number of carbonyl (C=O) groups is 1. The van der Waals surface area contributed by atoms with Crippen molar-refractivity contribution in [1.82, 2.24) is 19.9 Å². The highest BCUT2D eigenvalue weighted by atomic mass is 35.5. The lowest BCUT2D eigenvalue weighted by Gasteiger charge is -2.49. The number of halogens is 2. The van der Waals surface area contributed by atoms with Crippen molar-refractivity contribution in [2.75, 3.05) is 24.4 Å². The number of hydrogen-bond acceptors (Lipinski definition) is 6. The molecule has 2 aliphatic heterocycles. The van der Waals surface area contributed by atoms with E-state index < -0.39 is 19.8 Å². The van der Waals surface area contributed by atoms with E-state index in [4.69, 9.17) is 16.6 Å². The first-order chi connectivity index (χ1) is 19.7. The summed E-state index contributed by atoms with van der Waals surface area (Å²) in [6.07, 6.45) is 0.904. The maximum atomic E-state index is 15.1. The topological polar surface area (TPSA) is 71.9 Å². The van der Waals surface area contributed by atoms with E-state index in [0.29, 0.717) is 35.2 Å². The number of anilines is 2. The zero-order chi connectivity index (χ0) is 30.6. The number of benzene rings is 2. The molecule has 5 rings (SSSR count). The molecule has 2 unspecified atom stereocenters. The first kappa shape index (κ1) is 30.6. The molecular weight excluding hydrogens is 572 g/mol. The van der Waals surface area contributed by atoms with Gasteiger partial charge in [-0.25, -0.2) is 14.3 Å². The van der Waals surface area contributed by atoms with Gasteiger partial charge in [0.25, 0.3) is 0 Å². The highest BCUT2D eigenvalue weighted by Crippen LogP contribution is 2.64. The van der Waals surface area contributed by atoms with E-state index in [9.17, 15) is 9.69 Å². The third kappa shape index (κ3) is 5.47. The number of pyridine rings is 1. The summed E-state index contributed by atoms with van der Waals surface area (Å²) in [5.41, 5.74) is 3.02. The molecule has 2 aliphatic rings. The Kier molecular flexibility index (Phi) is 8.25. The molecule has 1 aromatic heterocycles. The minimum absolute atomic E-state index is 0.0473. The zero-order valence-electron chi connectivity index (χ0n) is 25.0. The van der Waals surface area contributed by atoms with Crippen LogP contribution in [0.15, 0.2) is 67.3 Å². The summed E-state index contributed by atoms with van der Waals surface area (Å²) in [6.45, 7) is 17.0. The Labute approximate surface area is 253 Å². The van der Waals surface area contributed by atoms with E-state index in [0.717, 1.165) is 16.8 Å². The Balaban J connectivity index is 1.72. The van der Waals surface area contributed by atoms with Crippen molar-refractivity contribution in [2.45, 2.75) is 58.3 Å². The number of nitrogens with zero attached hydrogens (tertiary/aromatic N) is 4. The number of aromatic nitrogens is 1. The molecular formula is C32H39ClFN5O2P+. The van der Waals surface area contributed by atoms with Gasteiger partial charge in [0.15, 0.2) is 5.82 Å². The normalized spacial score (nSPS) is 24.8. The Morgan fingerprint density at radius 1 is 1.14 bits per heavy atom. The Morgan fingerprint density at radius 2 is 1.81 bits per heavy atom. The largest absolute Gasteiger partial charge is 0.334 e. The summed E-state index contributed by atoms with van der Waals surface area (Å²) >= 11 is 6.88. The Morgan fingerprint density at radius 3 is 2.48 bits per heavy atom. The molecule has 42 heavy (non-hydrogen) atoms. The first-order valence-corrected chi connectivity index (χ1v) is 16.7. The summed E-state index contributed by atoms with van der Waals surface area (Å²) in [5, 5.41) is 3.89. The third-order valence-corrected chi connectivity index (χ3v) is 10.3. The van der Waals surface area contributed by atoms with Crippen LogP contribution in [0.2, 0.25) is 5.02 Å². The van der Waals surface area contributed by atoms with Crippen LogP contribution in [0.3, 0.4) is 0 Å². The molecule has 0 saturated carbocycles. The SMILES string of the molecule is C=CC(=O)N1C[C@H](C)N(C2N[P+](C)(O)N(c3ccccc3C(C)(C)C)c3nc(-c4ccccc4F)c(Cl)cc32)C[C@H]1C. The maximum absolute atomic E-state index is 15.1. The predicted molar refractivity (Wildman–Crippen MR) is 170 cm³/mol. The van der Waals surface area contributed by atoms with Gasteiger partial charge in [-0.3, -0.25) is 9.69 Å². The standard InChI is InChI=1S/C32H39ClFN5O2P/c1-8-28(40)37-18-21(3)38(19-20(37)2)31-23-17-25(33)29(22-13-9-11-15-26(22)34)35-30(23)39(42(7,41)36-31)27-16-12-10-14-24(27)32(4,5)6/h8-17,20-21,31,36,41H,1,18-19H2,2-7H3/q+1/t20-,21+,31?,42?/m1/s1. The Bertz CT molecular complexity index is 1530. The lowest BCUT2D eigenvalue weighted by molar-refractivity contribution is -0.132. The monoisotopic (exact) mass is 610 g/mol. The van der Waals surface area contributed by atoms with Gasteiger partial charge in [-0.2, -0.15) is 4.67 Å². The molecule has 10 heteroatoms. The first-order valence-electron chi connectivity index (χ1n) is 14.2. The number of para-hydroxylation sites is 1. The molecule has 0 aliphatic carbocycles. The van der Waals surface area contributed by atoms with Gasteiger partial charge >= 0.3 is 7.79 Å². The quantitative estimate of drug-likeness (QED) is 0.243. The number of nitrogens with one attached hydrogen (secondary N) is 1. The fourth-order valence-electron chi connectivity index (χ4n) is 6.06. The summed E-state index contributed by atoms with van der Waals surface area (Å²) in [5.74, 6) is 0.00146. The van der Waals surface area contributed by atoms with Crippen LogP contribution in [0.4, 0.5) is 15.9 Å². The number of carbonyl (C=O) groups excluding carboxylic acids is 1. The minimum Gasteiger partial charge on any atom is -0.334 e. The van der Waals surface area contributed by atoms with Crippen molar-refractivity contribution in [2.24, 2.45) is 0 Å². The number of hydrogen-bond donors (Lipinski definition) is 2. The summed E-state index contributed by atoms with van der Waals surface area (Å²) in [4.78, 5) is 34.0. The maximum Gasteiger partial charge on any atom is 0.310 e. The molecule has 7 nitrogen and oxygen atoms in total. The summed E-state index contributed by atoms with van der Waals surface area (Å²) in [6, 6.07) is 16.1. The predicted octanol–water partition coefficient (Wildman–Crippen LogP) is 7.07. The van der Waals surface area contributed by atoms with Crippen LogP contribution >= 0.6 is 19.4 Å². The van der Waals surface area contributed by atoms with Crippen molar-refractivity contribution in [3.8, 4) is 11.3 Å². The molecule has 1 saturated heterocycles. The molecule has 0 spiro atoms. The Hall–Kier alpha value is -2.87. The van der Waals surface area contributed by atoms with Gasteiger partial charge in [-0.05, 0) is 55.2 Å². The minimum atomic E-state index is -3.10. The molecule has 3 heterocycles. The van der Waals surface area contributed by atoms with E-state index in [2.05, 4.69) is 50.3 Å². The van der Waals surface area contributed by atoms with Crippen LogP contribution in [-0.2, 0) is 10.2 Å². The summed E-state index contributed by atoms with van der Waals surface area (Å²) < 4.78 is 17.0. The van der Waals surface area contributed by atoms with Gasteiger partial charge in [0.1, 0.15) is 18.6 Å². The number of piperazine rings is 1. The molecule has 2 N–H and O–H groups in total. The van der Waals surface area contributed by atoms with E-state index in [-0.39, 0.29) is 23.4 Å². The van der Waals surface area contributed by atoms with Gasteiger partial charge in [0.2, 0.25) is 5.91 Å². The van der Waals surface area contributed by atoms with Crippen LogP contribution in [-0.4, -0.2) is 57.4 Å². The van der Waals surface area contributed by atoms with Crippen molar-refractivity contribution < 1.29 is 14.1 Å². The second-order valence-electron chi connectivity index (χ2n) is 12.3. The van der Waals surface area contributed by atoms with E-state index in [1.807, 2.05) is 47.4 Å². The van der Waals surface area contributed by atoms with Crippen LogP contribution in [0.1, 0.15) is 51.9 Å². The van der Waals surface area contributed by atoms with Gasteiger partial charge in [-0.15, -0.1) is 5.09 Å². The second-order valence-corrected chi connectivity index (χ2v) is 15.2. The highest BCUT2D eigenvalue weighted by Gasteiger charge is 2.53. The van der Waals surface area contributed by atoms with E-state index in [1.165, 1.54) is 12.1 Å². The lowest BCUT2D eigenvalue weighted by atomic mass is 9.85. The molecule has 3 aromatic rings. The molecule has 222 valence electrons. The van der Waals surface area contributed by atoms with Crippen molar-refractivity contribution in [1.29, 1.82) is 0 Å². The van der Waals surface area contributed by atoms with Gasteiger partial charge < -0.3 is 4.90 Å². The lowest BCUT2D eigenvalue weighted by Crippen LogP contribution is -2.61. The van der Waals surface area contributed by atoms with Crippen LogP contribution < -0.4 is 9.76 Å². The average Bonchev–Trinajstić information content (AvgIpc) is 2.93.